The van der Waals surface area contributed by atoms with Gasteiger partial charge in [-0.3, -0.25) is 0 Å². The van der Waals surface area contributed by atoms with Gasteiger partial charge < -0.3 is 4.57 Å². The van der Waals surface area contributed by atoms with E-state index in [9.17, 15) is 0 Å². The van der Waals surface area contributed by atoms with Gasteiger partial charge in [-0.15, -0.1) is 0 Å². The maximum atomic E-state index is 2.44. The van der Waals surface area contributed by atoms with E-state index in [4.69, 9.17) is 0 Å². The summed E-state index contributed by atoms with van der Waals surface area (Å²) in [4.78, 5) is 0. The Labute approximate surface area is 405 Å². The first-order valence-electron chi connectivity index (χ1n) is 23.9. The minimum absolute atomic E-state index is 0.443. The van der Waals surface area contributed by atoms with E-state index in [1.165, 1.54) is 88.6 Å². The highest BCUT2D eigenvalue weighted by molar-refractivity contribution is 6.10. The van der Waals surface area contributed by atoms with Crippen LogP contribution >= 0.6 is 0 Å². The summed E-state index contributed by atoms with van der Waals surface area (Å²) in [5.41, 5.74) is 21.4. The lowest BCUT2D eigenvalue weighted by molar-refractivity contribution is 0.768. The molecule has 10 aromatic carbocycles. The Morgan fingerprint density at radius 3 is 1.68 bits per heavy atom. The van der Waals surface area contributed by atoms with Crippen molar-refractivity contribution in [2.45, 2.75) is 12.3 Å². The Kier molecular flexibility index (Phi) is 10.7. The molecule has 1 heterocycles. The third kappa shape index (κ3) is 7.37. The van der Waals surface area contributed by atoms with Crippen LogP contribution in [0.15, 0.2) is 273 Å². The standard InChI is InChI=1S/C68H49N/c1-2-3-21-51(38-36-48-37-40-61-60-32-16-18-34-64(60)68(65(61)42-48,57-28-12-6-13-29-57)58-30-14-7-15-31-58)52-26-20-27-53(43-52)54-39-41-67-63(47-54)62-33-17-19-35-66(62)69(67)59-45-55(49-22-8-4-9-23-49)44-56(46-59)50-24-10-5-11-25-50/h2-47H,1H3/b3-2+,38-36-,51-21+. The van der Waals surface area contributed by atoms with E-state index < -0.39 is 5.41 Å². The maximum absolute atomic E-state index is 2.44. The highest BCUT2D eigenvalue weighted by Gasteiger charge is 2.45. The Bertz CT molecular complexity index is 3660. The number of nitrogens with zero attached hydrogens (tertiary/aromatic N) is 1. The highest BCUT2D eigenvalue weighted by Crippen LogP contribution is 2.56. The van der Waals surface area contributed by atoms with E-state index in [-0.39, 0.29) is 0 Å². The summed E-state index contributed by atoms with van der Waals surface area (Å²) in [7, 11) is 0. The zero-order chi connectivity index (χ0) is 46.2. The second-order valence-electron chi connectivity index (χ2n) is 18.0. The smallest absolute Gasteiger partial charge is 0.0713 e. The van der Waals surface area contributed by atoms with Crippen molar-refractivity contribution in [3.05, 3.63) is 306 Å². The number of hydrogen-bond donors (Lipinski definition) is 0. The fourth-order valence-corrected chi connectivity index (χ4v) is 10.8. The molecule has 0 spiro atoms. The fourth-order valence-electron chi connectivity index (χ4n) is 10.8. The van der Waals surface area contributed by atoms with E-state index in [1.54, 1.807) is 0 Å². The number of fused-ring (bicyclic) bond motifs is 6. The minimum Gasteiger partial charge on any atom is -0.309 e. The van der Waals surface area contributed by atoms with Crippen molar-refractivity contribution >= 4 is 33.5 Å². The van der Waals surface area contributed by atoms with Gasteiger partial charge >= 0.3 is 0 Å². The Morgan fingerprint density at radius 1 is 0.406 bits per heavy atom. The molecule has 0 saturated heterocycles. The van der Waals surface area contributed by atoms with Crippen LogP contribution in [0.4, 0.5) is 0 Å². The first kappa shape index (κ1) is 41.6. The molecule has 69 heavy (non-hydrogen) atoms. The van der Waals surface area contributed by atoms with Crippen LogP contribution in [-0.4, -0.2) is 4.57 Å². The predicted molar refractivity (Wildman–Crippen MR) is 293 cm³/mol. The molecule has 1 aromatic heterocycles. The average Bonchev–Trinajstić information content (AvgIpc) is 3.92. The molecule has 1 aliphatic rings. The van der Waals surface area contributed by atoms with Crippen molar-refractivity contribution in [1.29, 1.82) is 0 Å². The van der Waals surface area contributed by atoms with Crippen LogP contribution < -0.4 is 0 Å². The number of allylic oxidation sites excluding steroid dienone is 5. The van der Waals surface area contributed by atoms with Crippen LogP contribution in [0, 0.1) is 0 Å². The maximum Gasteiger partial charge on any atom is 0.0713 e. The molecule has 11 aromatic rings. The molecule has 0 atom stereocenters. The van der Waals surface area contributed by atoms with E-state index in [0.717, 1.165) is 22.4 Å². The van der Waals surface area contributed by atoms with Crippen molar-refractivity contribution in [1.82, 2.24) is 4.57 Å². The van der Waals surface area contributed by atoms with Crippen molar-refractivity contribution in [3.8, 4) is 50.2 Å². The number of benzene rings is 10. The third-order valence-corrected chi connectivity index (χ3v) is 14.0. The summed E-state index contributed by atoms with van der Waals surface area (Å²) in [5.74, 6) is 0. The van der Waals surface area contributed by atoms with Gasteiger partial charge in [0.05, 0.1) is 16.4 Å². The van der Waals surface area contributed by atoms with Gasteiger partial charge in [0.15, 0.2) is 0 Å². The van der Waals surface area contributed by atoms with Crippen LogP contribution in [-0.2, 0) is 5.41 Å². The molecule has 0 aliphatic heterocycles. The van der Waals surface area contributed by atoms with Crippen LogP contribution in [0.3, 0.4) is 0 Å². The lowest BCUT2D eigenvalue weighted by atomic mass is 9.67. The molecule has 0 amide bonds. The zero-order valence-electron chi connectivity index (χ0n) is 38.5. The molecule has 12 rings (SSSR count). The number of rotatable bonds is 10. The van der Waals surface area contributed by atoms with Crippen molar-refractivity contribution in [2.24, 2.45) is 0 Å². The highest BCUT2D eigenvalue weighted by atomic mass is 15.0. The largest absolute Gasteiger partial charge is 0.309 e. The molecule has 1 heteroatoms. The van der Waals surface area contributed by atoms with E-state index in [1.807, 2.05) is 0 Å². The summed E-state index contributed by atoms with van der Waals surface area (Å²) in [6.07, 6.45) is 11.0. The molecule has 1 aliphatic carbocycles. The fraction of sp³-hybridized carbons (Fsp3) is 0.0294. The summed E-state index contributed by atoms with van der Waals surface area (Å²) in [6.45, 7) is 2.07. The molecule has 0 unspecified atom stereocenters. The summed E-state index contributed by atoms with van der Waals surface area (Å²) < 4.78 is 2.44. The second-order valence-corrected chi connectivity index (χ2v) is 18.0. The zero-order valence-corrected chi connectivity index (χ0v) is 38.5. The van der Waals surface area contributed by atoms with Crippen LogP contribution in [0.1, 0.15) is 40.3 Å². The summed E-state index contributed by atoms with van der Waals surface area (Å²) in [6, 6.07) is 91.2. The molecule has 0 fully saturated rings. The van der Waals surface area contributed by atoms with Gasteiger partial charge in [0, 0.05) is 16.5 Å². The van der Waals surface area contributed by atoms with Crippen molar-refractivity contribution in [2.75, 3.05) is 0 Å². The first-order valence-corrected chi connectivity index (χ1v) is 23.9. The average molecular weight is 880 g/mol. The van der Waals surface area contributed by atoms with Gasteiger partial charge in [-0.1, -0.05) is 231 Å². The number of aromatic nitrogens is 1. The minimum atomic E-state index is -0.443. The molecule has 0 saturated carbocycles. The van der Waals surface area contributed by atoms with E-state index in [0.29, 0.717) is 0 Å². The quantitative estimate of drug-likeness (QED) is 0.121. The van der Waals surface area contributed by atoms with E-state index in [2.05, 4.69) is 291 Å². The van der Waals surface area contributed by atoms with Gasteiger partial charge in [0.2, 0.25) is 0 Å². The van der Waals surface area contributed by atoms with Gasteiger partial charge in [-0.05, 0) is 139 Å². The van der Waals surface area contributed by atoms with Gasteiger partial charge in [-0.2, -0.15) is 0 Å². The monoisotopic (exact) mass is 879 g/mol. The van der Waals surface area contributed by atoms with Gasteiger partial charge in [-0.25, -0.2) is 0 Å². The molecule has 0 radical (unpaired) electrons. The van der Waals surface area contributed by atoms with Gasteiger partial charge in [0.1, 0.15) is 0 Å². The molecule has 1 nitrogen and oxygen atoms in total. The first-order chi connectivity index (χ1) is 34.2. The third-order valence-electron chi connectivity index (χ3n) is 14.0. The Balaban J connectivity index is 0.934. The predicted octanol–water partition coefficient (Wildman–Crippen LogP) is 17.8. The van der Waals surface area contributed by atoms with Gasteiger partial charge in [0.25, 0.3) is 0 Å². The molecule has 0 bridgehead atoms. The Morgan fingerprint density at radius 2 is 0.986 bits per heavy atom. The lowest BCUT2D eigenvalue weighted by Gasteiger charge is -2.34. The number of para-hydroxylation sites is 1. The Hall–Kier alpha value is -8.78. The summed E-state index contributed by atoms with van der Waals surface area (Å²) >= 11 is 0. The SMILES string of the molecule is C/C=C/C=C(\C=C/c1ccc2c(c1)C(c1ccccc1)(c1ccccc1)c1ccccc1-2)c1cccc(-c2ccc3c(c2)c2ccccc2n3-c2cc(-c3ccccc3)cc(-c3ccccc3)c2)c1. The molecular weight excluding hydrogens is 831 g/mol. The van der Waals surface area contributed by atoms with Crippen molar-refractivity contribution in [3.63, 3.8) is 0 Å². The van der Waals surface area contributed by atoms with Crippen LogP contribution in [0.5, 0.6) is 0 Å². The molecule has 326 valence electrons. The van der Waals surface area contributed by atoms with Crippen molar-refractivity contribution < 1.29 is 0 Å². The van der Waals surface area contributed by atoms with E-state index >= 15 is 0 Å². The number of hydrogen-bond acceptors (Lipinski definition) is 0. The lowest BCUT2D eigenvalue weighted by Crippen LogP contribution is -2.28. The molecule has 0 N–H and O–H groups in total. The van der Waals surface area contributed by atoms with Crippen LogP contribution in [0.2, 0.25) is 0 Å². The normalized spacial score (nSPS) is 13.1. The summed E-state index contributed by atoms with van der Waals surface area (Å²) in [5, 5.41) is 2.46. The topological polar surface area (TPSA) is 4.93 Å². The molecular formula is C68H49N. The van der Waals surface area contributed by atoms with Crippen LogP contribution in [0.25, 0.3) is 83.6 Å². The second kappa shape index (κ2) is 17.8.